The van der Waals surface area contributed by atoms with E-state index in [0.29, 0.717) is 28.0 Å². The number of rotatable bonds is 8. The van der Waals surface area contributed by atoms with Gasteiger partial charge >= 0.3 is 5.91 Å². The number of benzene rings is 3. The van der Waals surface area contributed by atoms with Gasteiger partial charge in [-0.1, -0.05) is 12.1 Å². The van der Waals surface area contributed by atoms with Crippen molar-refractivity contribution in [3.63, 3.8) is 0 Å². The van der Waals surface area contributed by atoms with Crippen molar-refractivity contribution in [3.8, 4) is 11.5 Å². The predicted octanol–water partition coefficient (Wildman–Crippen LogP) is 5.44. The molecule has 9 nitrogen and oxygen atoms in total. The summed E-state index contributed by atoms with van der Waals surface area (Å²) in [5.74, 6) is 0.0250. The fourth-order valence-electron chi connectivity index (χ4n) is 3.17. The van der Waals surface area contributed by atoms with Crippen LogP contribution in [0.5, 0.6) is 11.5 Å². The molecule has 3 aromatic carbocycles. The number of non-ortho nitro benzene ring substituents is 1. The summed E-state index contributed by atoms with van der Waals surface area (Å²) in [6.07, 6.45) is 1.43. The standard InChI is InChI=1S/C24H17FIN3O6/c1-33-21-9-15(8-19(26)23(21)34-13-14-2-4-17(25)5-3-14)12-27-28-24(30)22-11-16-10-18(29(31)32)6-7-20(16)35-22/h2-12H,13H2,1H3,(H,28,30)/b27-12-. The van der Waals surface area contributed by atoms with E-state index in [1.807, 2.05) is 0 Å². The van der Waals surface area contributed by atoms with Gasteiger partial charge in [-0.15, -0.1) is 0 Å². The van der Waals surface area contributed by atoms with Gasteiger partial charge in [-0.05, 0) is 70.1 Å². The van der Waals surface area contributed by atoms with Crippen LogP contribution < -0.4 is 14.9 Å². The smallest absolute Gasteiger partial charge is 0.307 e. The predicted molar refractivity (Wildman–Crippen MR) is 134 cm³/mol. The number of nitro benzene ring substituents is 1. The average Bonchev–Trinajstić information content (AvgIpc) is 3.27. The van der Waals surface area contributed by atoms with Crippen molar-refractivity contribution in [2.75, 3.05) is 7.11 Å². The highest BCUT2D eigenvalue weighted by Gasteiger charge is 2.15. The number of hydrazone groups is 1. The number of halogens is 2. The summed E-state index contributed by atoms with van der Waals surface area (Å²) in [6.45, 7) is 0.233. The molecule has 0 aliphatic heterocycles. The van der Waals surface area contributed by atoms with E-state index < -0.39 is 10.8 Å². The number of nitro groups is 1. The van der Waals surface area contributed by atoms with Crippen molar-refractivity contribution in [2.45, 2.75) is 6.61 Å². The Kier molecular flexibility index (Phi) is 7.25. The Hall–Kier alpha value is -4.00. The van der Waals surface area contributed by atoms with Gasteiger partial charge in [-0.2, -0.15) is 5.10 Å². The molecule has 0 unspecified atom stereocenters. The first kappa shape index (κ1) is 24.1. The summed E-state index contributed by atoms with van der Waals surface area (Å²) in [5, 5.41) is 15.3. The van der Waals surface area contributed by atoms with Crippen molar-refractivity contribution < 1.29 is 28.0 Å². The summed E-state index contributed by atoms with van der Waals surface area (Å²) in [4.78, 5) is 22.8. The Morgan fingerprint density at radius 3 is 2.69 bits per heavy atom. The monoisotopic (exact) mass is 589 g/mol. The molecule has 0 atom stereocenters. The van der Waals surface area contributed by atoms with E-state index in [4.69, 9.17) is 13.9 Å². The molecule has 0 radical (unpaired) electrons. The minimum absolute atomic E-state index is 0.0330. The highest BCUT2D eigenvalue weighted by atomic mass is 127. The SMILES string of the molecule is COc1cc(/C=N\NC(=O)c2cc3cc([N+](=O)[O-])ccc3o2)cc(I)c1OCc1ccc(F)cc1. The summed E-state index contributed by atoms with van der Waals surface area (Å²) in [5.41, 5.74) is 4.06. The van der Waals surface area contributed by atoms with Crippen LogP contribution in [0.4, 0.5) is 10.1 Å². The first-order valence-corrected chi connectivity index (χ1v) is 11.2. The van der Waals surface area contributed by atoms with Crippen LogP contribution in [-0.4, -0.2) is 24.2 Å². The third-order valence-electron chi connectivity index (χ3n) is 4.86. The number of hydrogen-bond acceptors (Lipinski definition) is 7. The summed E-state index contributed by atoms with van der Waals surface area (Å²) < 4.78 is 30.6. The lowest BCUT2D eigenvalue weighted by atomic mass is 10.2. The molecule has 1 heterocycles. The van der Waals surface area contributed by atoms with Crippen LogP contribution in [0.3, 0.4) is 0 Å². The molecule has 1 N–H and O–H groups in total. The van der Waals surface area contributed by atoms with E-state index >= 15 is 0 Å². The molecule has 0 spiro atoms. The third-order valence-corrected chi connectivity index (χ3v) is 5.66. The Morgan fingerprint density at radius 2 is 1.97 bits per heavy atom. The first-order valence-electron chi connectivity index (χ1n) is 10.1. The Bertz CT molecular complexity index is 1440. The van der Waals surface area contributed by atoms with Crippen LogP contribution in [0.1, 0.15) is 21.7 Å². The minimum atomic E-state index is -0.610. The summed E-state index contributed by atoms with van der Waals surface area (Å²) in [6, 6.07) is 15.0. The van der Waals surface area contributed by atoms with Crippen LogP contribution in [0.2, 0.25) is 0 Å². The number of hydrogen-bond donors (Lipinski definition) is 1. The molecule has 0 saturated heterocycles. The Morgan fingerprint density at radius 1 is 1.20 bits per heavy atom. The maximum atomic E-state index is 13.1. The number of nitrogens with zero attached hydrogens (tertiary/aromatic N) is 2. The molecule has 35 heavy (non-hydrogen) atoms. The van der Waals surface area contributed by atoms with Gasteiger partial charge in [-0.3, -0.25) is 14.9 Å². The maximum Gasteiger partial charge on any atom is 0.307 e. The van der Waals surface area contributed by atoms with E-state index in [1.165, 1.54) is 49.7 Å². The van der Waals surface area contributed by atoms with Crippen molar-refractivity contribution in [2.24, 2.45) is 5.10 Å². The van der Waals surface area contributed by atoms with Crippen LogP contribution in [0.15, 0.2) is 70.2 Å². The Balaban J connectivity index is 1.44. The van der Waals surface area contributed by atoms with Crippen LogP contribution in [0.25, 0.3) is 11.0 Å². The van der Waals surface area contributed by atoms with E-state index in [1.54, 1.807) is 24.3 Å². The van der Waals surface area contributed by atoms with Crippen molar-refractivity contribution in [1.82, 2.24) is 5.43 Å². The lowest BCUT2D eigenvalue weighted by molar-refractivity contribution is -0.384. The van der Waals surface area contributed by atoms with Crippen LogP contribution in [0, 0.1) is 19.5 Å². The van der Waals surface area contributed by atoms with Gasteiger partial charge in [0.25, 0.3) is 5.69 Å². The molecular formula is C24H17FIN3O6. The molecule has 0 aliphatic rings. The normalized spacial score (nSPS) is 11.1. The molecule has 4 aromatic rings. The van der Waals surface area contributed by atoms with E-state index in [0.717, 1.165) is 9.13 Å². The number of nitrogens with one attached hydrogen (secondary N) is 1. The molecule has 1 amide bonds. The largest absolute Gasteiger partial charge is 0.493 e. The number of amides is 1. The molecule has 0 saturated carbocycles. The van der Waals surface area contributed by atoms with Gasteiger partial charge in [0.2, 0.25) is 0 Å². The second-order valence-electron chi connectivity index (χ2n) is 7.24. The molecular weight excluding hydrogens is 572 g/mol. The van der Waals surface area contributed by atoms with Crippen molar-refractivity contribution in [1.29, 1.82) is 0 Å². The van der Waals surface area contributed by atoms with Gasteiger partial charge in [0.15, 0.2) is 17.3 Å². The summed E-state index contributed by atoms with van der Waals surface area (Å²) in [7, 11) is 1.50. The number of furan rings is 1. The molecule has 1 aromatic heterocycles. The van der Waals surface area contributed by atoms with Gasteiger partial charge in [0.1, 0.15) is 18.0 Å². The average molecular weight is 589 g/mol. The lowest BCUT2D eigenvalue weighted by Gasteiger charge is -2.13. The van der Waals surface area contributed by atoms with E-state index in [9.17, 15) is 19.3 Å². The topological polar surface area (TPSA) is 116 Å². The van der Waals surface area contributed by atoms with E-state index in [-0.39, 0.29) is 23.9 Å². The molecule has 4 rings (SSSR count). The zero-order chi connectivity index (χ0) is 24.9. The van der Waals surface area contributed by atoms with Gasteiger partial charge in [-0.25, -0.2) is 9.82 Å². The second kappa shape index (κ2) is 10.5. The maximum absolute atomic E-state index is 13.1. The van der Waals surface area contributed by atoms with Gasteiger partial charge in [0.05, 0.1) is 21.8 Å². The fourth-order valence-corrected chi connectivity index (χ4v) is 3.95. The van der Waals surface area contributed by atoms with Gasteiger partial charge in [0, 0.05) is 17.5 Å². The minimum Gasteiger partial charge on any atom is -0.493 e. The number of fused-ring (bicyclic) bond motifs is 1. The molecule has 0 bridgehead atoms. The number of methoxy groups -OCH3 is 1. The van der Waals surface area contributed by atoms with Crippen molar-refractivity contribution >= 4 is 51.4 Å². The summed E-state index contributed by atoms with van der Waals surface area (Å²) >= 11 is 2.10. The van der Waals surface area contributed by atoms with Crippen LogP contribution in [-0.2, 0) is 6.61 Å². The second-order valence-corrected chi connectivity index (χ2v) is 8.40. The fraction of sp³-hybridized carbons (Fsp3) is 0.0833. The zero-order valence-electron chi connectivity index (χ0n) is 18.2. The molecule has 178 valence electrons. The number of ether oxygens (including phenoxy) is 2. The quantitative estimate of drug-likeness (QED) is 0.127. The lowest BCUT2D eigenvalue weighted by Crippen LogP contribution is -2.16. The Labute approximate surface area is 211 Å². The highest BCUT2D eigenvalue weighted by Crippen LogP contribution is 2.34. The highest BCUT2D eigenvalue weighted by molar-refractivity contribution is 14.1. The zero-order valence-corrected chi connectivity index (χ0v) is 20.3. The molecule has 11 heteroatoms. The van der Waals surface area contributed by atoms with Crippen LogP contribution >= 0.6 is 22.6 Å². The first-order chi connectivity index (χ1) is 16.8. The number of carbonyl (C=O) groups excluding carboxylic acids is 1. The third kappa shape index (κ3) is 5.74. The van der Waals surface area contributed by atoms with Crippen molar-refractivity contribution in [3.05, 3.63) is 97.1 Å². The molecule has 0 aliphatic carbocycles. The van der Waals surface area contributed by atoms with Gasteiger partial charge < -0.3 is 13.9 Å². The van der Waals surface area contributed by atoms with E-state index in [2.05, 4.69) is 33.1 Å². The molecule has 0 fully saturated rings. The number of carbonyl (C=O) groups is 1.